The summed E-state index contributed by atoms with van der Waals surface area (Å²) in [5.74, 6) is 0. The smallest absolute Gasteiger partial charge is 0.258 e. The van der Waals surface area contributed by atoms with Crippen molar-refractivity contribution < 1.29 is 9.52 Å². The lowest BCUT2D eigenvalue weighted by atomic mass is 10.2. The van der Waals surface area contributed by atoms with E-state index in [4.69, 9.17) is 0 Å². The van der Waals surface area contributed by atoms with Gasteiger partial charge in [-0.15, -0.1) is 5.11 Å². The Labute approximate surface area is 116 Å². The summed E-state index contributed by atoms with van der Waals surface area (Å²) in [7, 11) is 3.93. The number of allylic oxidation sites excluding steroid dienone is 2. The Morgan fingerprint density at radius 2 is 1.75 bits per heavy atom. The predicted molar refractivity (Wildman–Crippen MR) is 75.5 cm³/mol. The van der Waals surface area contributed by atoms with Crippen LogP contribution in [0.5, 0.6) is 0 Å². The molecule has 1 aliphatic heterocycles. The summed E-state index contributed by atoms with van der Waals surface area (Å²) < 4.78 is 0.417. The molecule has 1 aromatic rings. The van der Waals surface area contributed by atoms with Crippen LogP contribution in [0, 0.1) is 10.1 Å². The fourth-order valence-electron chi connectivity index (χ4n) is 1.91. The summed E-state index contributed by atoms with van der Waals surface area (Å²) in [4.78, 5) is 10.1. The van der Waals surface area contributed by atoms with E-state index in [-0.39, 0.29) is 5.69 Å². The first-order valence-electron chi connectivity index (χ1n) is 6.10. The van der Waals surface area contributed by atoms with Gasteiger partial charge in [-0.2, -0.15) is 9.71 Å². The van der Waals surface area contributed by atoms with Crippen LogP contribution in [0.4, 0.5) is 11.4 Å². The van der Waals surface area contributed by atoms with Crippen LogP contribution >= 0.6 is 0 Å². The molecule has 0 saturated carbocycles. The van der Waals surface area contributed by atoms with E-state index in [0.29, 0.717) is 10.3 Å². The summed E-state index contributed by atoms with van der Waals surface area (Å²) in [5.41, 5.74) is 3.20. The van der Waals surface area contributed by atoms with Gasteiger partial charge in [0.2, 0.25) is 0 Å². The summed E-state index contributed by atoms with van der Waals surface area (Å²) in [6.07, 6.45) is 0. The maximum absolute atomic E-state index is 10.6. The molecule has 7 nitrogen and oxygen atoms in total. The van der Waals surface area contributed by atoms with E-state index in [1.165, 1.54) is 12.1 Å². The monoisotopic (exact) mass is 274 g/mol. The van der Waals surface area contributed by atoms with Crippen molar-refractivity contribution in [2.75, 3.05) is 14.1 Å². The molecule has 0 spiro atoms. The van der Waals surface area contributed by atoms with Gasteiger partial charge in [-0.05, 0) is 19.1 Å². The SMILES string of the molecule is CC1=N[N+](C)(C)C(C)=C1N=Nc1ccc([N+](=O)[O-])cc1. The molecule has 0 unspecified atom stereocenters. The number of hydrogen-bond donors (Lipinski definition) is 0. The summed E-state index contributed by atoms with van der Waals surface area (Å²) in [6.45, 7) is 3.85. The third-order valence-electron chi connectivity index (χ3n) is 3.23. The van der Waals surface area contributed by atoms with Crippen LogP contribution in [-0.4, -0.2) is 29.3 Å². The Kier molecular flexibility index (Phi) is 3.46. The quantitative estimate of drug-likeness (QED) is 0.366. The lowest BCUT2D eigenvalue weighted by Gasteiger charge is -2.17. The molecular weight excluding hydrogens is 258 g/mol. The average Bonchev–Trinajstić information content (AvgIpc) is 2.57. The minimum Gasteiger partial charge on any atom is -0.258 e. The van der Waals surface area contributed by atoms with Crippen molar-refractivity contribution in [1.82, 2.24) is 0 Å². The Hall–Kier alpha value is -2.41. The third-order valence-corrected chi connectivity index (χ3v) is 3.23. The van der Waals surface area contributed by atoms with Crippen LogP contribution in [0.25, 0.3) is 0 Å². The number of azo groups is 1. The van der Waals surface area contributed by atoms with Gasteiger partial charge in [0.15, 0.2) is 11.4 Å². The predicted octanol–water partition coefficient (Wildman–Crippen LogP) is 3.38. The van der Waals surface area contributed by atoms with Crippen LogP contribution in [0.1, 0.15) is 13.8 Å². The second-order valence-electron chi connectivity index (χ2n) is 4.99. The van der Waals surface area contributed by atoms with Gasteiger partial charge in [0.25, 0.3) is 5.69 Å². The second-order valence-corrected chi connectivity index (χ2v) is 4.99. The van der Waals surface area contributed by atoms with Gasteiger partial charge in [-0.25, -0.2) is 0 Å². The summed E-state index contributed by atoms with van der Waals surface area (Å²) in [6, 6.07) is 5.95. The highest BCUT2D eigenvalue weighted by Gasteiger charge is 2.31. The molecule has 2 rings (SSSR count). The van der Waals surface area contributed by atoms with Gasteiger partial charge in [-0.3, -0.25) is 10.1 Å². The largest absolute Gasteiger partial charge is 0.269 e. The van der Waals surface area contributed by atoms with Crippen LogP contribution in [0.3, 0.4) is 0 Å². The first kappa shape index (κ1) is 14.0. The first-order valence-corrected chi connectivity index (χ1v) is 6.10. The summed E-state index contributed by atoms with van der Waals surface area (Å²) in [5, 5.41) is 23.4. The van der Waals surface area contributed by atoms with E-state index in [1.54, 1.807) is 12.1 Å². The van der Waals surface area contributed by atoms with E-state index in [1.807, 2.05) is 27.9 Å². The molecule has 0 aliphatic carbocycles. The van der Waals surface area contributed by atoms with Crippen molar-refractivity contribution in [2.24, 2.45) is 15.3 Å². The Morgan fingerprint density at radius 1 is 1.15 bits per heavy atom. The highest BCUT2D eigenvalue weighted by atomic mass is 16.6. The minimum absolute atomic E-state index is 0.0377. The molecule has 1 heterocycles. The molecule has 1 aromatic carbocycles. The van der Waals surface area contributed by atoms with Crippen LogP contribution < -0.4 is 0 Å². The van der Waals surface area contributed by atoms with Crippen LogP contribution in [0.2, 0.25) is 0 Å². The highest BCUT2D eigenvalue weighted by Crippen LogP contribution is 2.27. The molecule has 1 aliphatic rings. The van der Waals surface area contributed by atoms with Crippen molar-refractivity contribution in [3.05, 3.63) is 45.8 Å². The zero-order valence-corrected chi connectivity index (χ0v) is 11.9. The Morgan fingerprint density at radius 3 is 2.20 bits per heavy atom. The Balaban J connectivity index is 2.24. The van der Waals surface area contributed by atoms with E-state index in [2.05, 4.69) is 15.3 Å². The molecule has 0 saturated heterocycles. The molecule has 0 fully saturated rings. The molecule has 0 N–H and O–H groups in total. The maximum Gasteiger partial charge on any atom is 0.269 e. The molecule has 20 heavy (non-hydrogen) atoms. The average molecular weight is 274 g/mol. The van der Waals surface area contributed by atoms with Crippen molar-refractivity contribution >= 4 is 17.1 Å². The fourth-order valence-corrected chi connectivity index (χ4v) is 1.91. The van der Waals surface area contributed by atoms with Crippen molar-refractivity contribution in [2.45, 2.75) is 13.8 Å². The first-order chi connectivity index (χ1) is 9.31. The molecule has 104 valence electrons. The van der Waals surface area contributed by atoms with E-state index < -0.39 is 4.92 Å². The van der Waals surface area contributed by atoms with E-state index in [0.717, 1.165) is 17.1 Å². The van der Waals surface area contributed by atoms with Gasteiger partial charge >= 0.3 is 0 Å². The Bertz CT molecular complexity index is 641. The van der Waals surface area contributed by atoms with Gasteiger partial charge in [0, 0.05) is 19.1 Å². The normalized spacial score (nSPS) is 17.7. The maximum atomic E-state index is 10.6. The number of rotatable bonds is 3. The number of hydrogen-bond acceptors (Lipinski definition) is 5. The lowest BCUT2D eigenvalue weighted by Crippen LogP contribution is -2.28. The number of non-ortho nitro benzene ring substituents is 1. The van der Waals surface area contributed by atoms with E-state index >= 15 is 0 Å². The standard InChI is InChI=1S/C13H16N5O2/c1-9-13(10(2)18(3,4)16-9)15-14-11-5-7-12(8-6-11)17(19)20/h5-8H,1-4H3/q+1. The summed E-state index contributed by atoms with van der Waals surface area (Å²) >= 11 is 0. The molecule has 7 heteroatoms. The number of nitro benzene ring substituents is 1. The number of quaternary nitrogens is 1. The zero-order valence-electron chi connectivity index (χ0n) is 11.9. The molecule has 0 bridgehead atoms. The highest BCUT2D eigenvalue weighted by molar-refractivity contribution is 5.98. The van der Waals surface area contributed by atoms with Crippen molar-refractivity contribution in [3.8, 4) is 0 Å². The number of nitrogens with zero attached hydrogens (tertiary/aromatic N) is 5. The van der Waals surface area contributed by atoms with Crippen molar-refractivity contribution in [1.29, 1.82) is 0 Å². The van der Waals surface area contributed by atoms with E-state index in [9.17, 15) is 10.1 Å². The molecule has 0 amide bonds. The van der Waals surface area contributed by atoms with Gasteiger partial charge in [0.1, 0.15) is 5.71 Å². The van der Waals surface area contributed by atoms with Gasteiger partial charge in [-0.1, -0.05) is 5.10 Å². The second kappa shape index (κ2) is 4.93. The third kappa shape index (κ3) is 2.62. The number of nitro groups is 1. The van der Waals surface area contributed by atoms with Crippen LogP contribution in [0.15, 0.2) is 51.0 Å². The van der Waals surface area contributed by atoms with Gasteiger partial charge < -0.3 is 0 Å². The lowest BCUT2D eigenvalue weighted by molar-refractivity contribution is -0.856. The van der Waals surface area contributed by atoms with Crippen LogP contribution in [-0.2, 0) is 0 Å². The molecule has 0 radical (unpaired) electrons. The van der Waals surface area contributed by atoms with Crippen molar-refractivity contribution in [3.63, 3.8) is 0 Å². The fraction of sp³-hybridized carbons (Fsp3) is 0.308. The molecule has 0 aromatic heterocycles. The topological polar surface area (TPSA) is 80.2 Å². The zero-order chi connectivity index (χ0) is 14.9. The van der Waals surface area contributed by atoms with Gasteiger partial charge in [0.05, 0.1) is 24.7 Å². The minimum atomic E-state index is -0.443. The number of benzene rings is 1. The molecular formula is C13H16N5O2+. The molecule has 0 atom stereocenters.